The zero-order valence-corrected chi connectivity index (χ0v) is 8.29. The van der Waals surface area contributed by atoms with Gasteiger partial charge < -0.3 is 4.74 Å². The highest BCUT2D eigenvalue weighted by Crippen LogP contribution is 2.09. The largest absolute Gasteiger partial charge is 0.462 e. The van der Waals surface area contributed by atoms with Gasteiger partial charge in [0.25, 0.3) is 0 Å². The number of carbonyl (C=O) groups excluding carboxylic acids is 1. The molecular weight excluding hydrogens is 197 g/mol. The average Bonchev–Trinajstić information content (AvgIpc) is 2.24. The lowest BCUT2D eigenvalue weighted by Crippen LogP contribution is -2.06. The van der Waals surface area contributed by atoms with Gasteiger partial charge in [-0.1, -0.05) is 6.92 Å². The van der Waals surface area contributed by atoms with Gasteiger partial charge >= 0.3 is 5.97 Å². The fourth-order valence-electron chi connectivity index (χ4n) is 1.05. The third-order valence-electron chi connectivity index (χ3n) is 1.70. The summed E-state index contributed by atoms with van der Waals surface area (Å²) in [7, 11) is 0. The molecular formula is C11H10FNO2. The van der Waals surface area contributed by atoms with Crippen molar-refractivity contribution in [2.24, 2.45) is 0 Å². The molecule has 0 saturated heterocycles. The van der Waals surface area contributed by atoms with Crippen molar-refractivity contribution < 1.29 is 13.9 Å². The van der Waals surface area contributed by atoms with Crippen LogP contribution in [-0.4, -0.2) is 12.6 Å². The summed E-state index contributed by atoms with van der Waals surface area (Å²) in [5.74, 6) is -1.22. The van der Waals surface area contributed by atoms with Gasteiger partial charge in [0.15, 0.2) is 0 Å². The Balaban J connectivity index is 2.90. The van der Waals surface area contributed by atoms with Crippen LogP contribution in [-0.2, 0) is 4.74 Å². The first-order chi connectivity index (χ1) is 7.17. The Morgan fingerprint density at radius 1 is 1.53 bits per heavy atom. The topological polar surface area (TPSA) is 50.1 Å². The van der Waals surface area contributed by atoms with Crippen molar-refractivity contribution in [2.45, 2.75) is 13.3 Å². The number of carbonyl (C=O) groups is 1. The molecule has 78 valence electrons. The van der Waals surface area contributed by atoms with E-state index in [0.717, 1.165) is 12.1 Å². The van der Waals surface area contributed by atoms with E-state index in [0.29, 0.717) is 6.42 Å². The standard InChI is InChI=1S/C11H10FNO2/c1-2-3-15-11(14)9-4-8(7-13)5-10(12)6-9/h4-6H,2-3H2,1H3. The molecule has 1 aromatic rings. The summed E-state index contributed by atoms with van der Waals surface area (Å²) >= 11 is 0. The van der Waals surface area contributed by atoms with Crippen molar-refractivity contribution in [2.75, 3.05) is 6.61 Å². The van der Waals surface area contributed by atoms with E-state index in [-0.39, 0.29) is 17.7 Å². The Hall–Kier alpha value is -1.89. The maximum Gasteiger partial charge on any atom is 0.338 e. The quantitative estimate of drug-likeness (QED) is 0.714. The molecule has 0 N–H and O–H groups in total. The Morgan fingerprint density at radius 2 is 2.27 bits per heavy atom. The monoisotopic (exact) mass is 207 g/mol. The number of rotatable bonds is 3. The van der Waals surface area contributed by atoms with Crippen molar-refractivity contribution in [1.29, 1.82) is 5.26 Å². The van der Waals surface area contributed by atoms with Gasteiger partial charge in [-0.2, -0.15) is 5.26 Å². The van der Waals surface area contributed by atoms with Crippen molar-refractivity contribution in [3.05, 3.63) is 35.1 Å². The molecule has 15 heavy (non-hydrogen) atoms. The molecule has 0 bridgehead atoms. The summed E-state index contributed by atoms with van der Waals surface area (Å²) in [5.41, 5.74) is 0.179. The van der Waals surface area contributed by atoms with E-state index in [1.165, 1.54) is 6.07 Å². The minimum Gasteiger partial charge on any atom is -0.462 e. The molecule has 0 aromatic heterocycles. The van der Waals surface area contributed by atoms with E-state index in [2.05, 4.69) is 0 Å². The van der Waals surface area contributed by atoms with E-state index in [9.17, 15) is 9.18 Å². The maximum absolute atomic E-state index is 12.9. The second-order valence-corrected chi connectivity index (χ2v) is 2.98. The lowest BCUT2D eigenvalue weighted by molar-refractivity contribution is 0.0504. The van der Waals surface area contributed by atoms with Gasteiger partial charge in [-0.15, -0.1) is 0 Å². The fraction of sp³-hybridized carbons (Fsp3) is 0.273. The molecule has 0 aliphatic heterocycles. The molecule has 1 rings (SSSR count). The minimum absolute atomic E-state index is 0.0694. The average molecular weight is 207 g/mol. The molecule has 0 aliphatic carbocycles. The lowest BCUT2D eigenvalue weighted by atomic mass is 10.1. The summed E-state index contributed by atoms with van der Waals surface area (Å²) in [5, 5.41) is 8.58. The maximum atomic E-state index is 12.9. The van der Waals surface area contributed by atoms with Gasteiger partial charge in [-0.3, -0.25) is 0 Å². The van der Waals surface area contributed by atoms with Crippen LogP contribution in [0.5, 0.6) is 0 Å². The number of nitrogens with zero attached hydrogens (tertiary/aromatic N) is 1. The highest BCUT2D eigenvalue weighted by Gasteiger charge is 2.09. The summed E-state index contributed by atoms with van der Waals surface area (Å²) in [6.07, 6.45) is 0.701. The van der Waals surface area contributed by atoms with E-state index < -0.39 is 11.8 Å². The van der Waals surface area contributed by atoms with Gasteiger partial charge in [0, 0.05) is 0 Å². The molecule has 0 amide bonds. The van der Waals surface area contributed by atoms with Crippen LogP contribution in [0.1, 0.15) is 29.3 Å². The smallest absolute Gasteiger partial charge is 0.338 e. The van der Waals surface area contributed by atoms with Gasteiger partial charge in [-0.05, 0) is 24.6 Å². The van der Waals surface area contributed by atoms with Crippen LogP contribution >= 0.6 is 0 Å². The van der Waals surface area contributed by atoms with E-state index >= 15 is 0 Å². The highest BCUT2D eigenvalue weighted by molar-refractivity contribution is 5.89. The number of ether oxygens (including phenoxy) is 1. The van der Waals surface area contributed by atoms with E-state index in [1.54, 1.807) is 6.07 Å². The van der Waals surface area contributed by atoms with Crippen LogP contribution < -0.4 is 0 Å². The van der Waals surface area contributed by atoms with Crippen molar-refractivity contribution in [3.8, 4) is 6.07 Å². The molecule has 3 nitrogen and oxygen atoms in total. The molecule has 1 aromatic carbocycles. The molecule has 0 spiro atoms. The molecule has 0 aliphatic rings. The van der Waals surface area contributed by atoms with Crippen LogP contribution in [0.25, 0.3) is 0 Å². The van der Waals surface area contributed by atoms with Crippen molar-refractivity contribution >= 4 is 5.97 Å². The van der Waals surface area contributed by atoms with Crippen molar-refractivity contribution in [3.63, 3.8) is 0 Å². The Morgan fingerprint density at radius 3 is 2.87 bits per heavy atom. The third-order valence-corrected chi connectivity index (χ3v) is 1.70. The van der Waals surface area contributed by atoms with Crippen LogP contribution in [0.4, 0.5) is 4.39 Å². The minimum atomic E-state index is -0.613. The number of halogens is 1. The first-order valence-electron chi connectivity index (χ1n) is 4.55. The van der Waals surface area contributed by atoms with Crippen LogP contribution in [0.2, 0.25) is 0 Å². The molecule has 0 heterocycles. The normalized spacial score (nSPS) is 9.40. The summed E-state index contributed by atoms with van der Waals surface area (Å²) in [6, 6.07) is 5.20. The van der Waals surface area contributed by atoms with Crippen molar-refractivity contribution in [1.82, 2.24) is 0 Å². The fourth-order valence-corrected chi connectivity index (χ4v) is 1.05. The van der Waals surface area contributed by atoms with Crippen LogP contribution in [0.15, 0.2) is 18.2 Å². The molecule has 0 atom stereocenters. The Kier molecular flexibility index (Phi) is 3.81. The molecule has 0 fully saturated rings. The predicted molar refractivity (Wildman–Crippen MR) is 51.7 cm³/mol. The number of nitriles is 1. The van der Waals surface area contributed by atoms with E-state index in [4.69, 9.17) is 10.00 Å². The lowest BCUT2D eigenvalue weighted by Gasteiger charge is -2.03. The molecule has 0 saturated carbocycles. The first-order valence-corrected chi connectivity index (χ1v) is 4.55. The van der Waals surface area contributed by atoms with Gasteiger partial charge in [0.05, 0.1) is 23.8 Å². The first kappa shape index (κ1) is 11.2. The van der Waals surface area contributed by atoms with Crippen LogP contribution in [0, 0.1) is 17.1 Å². The highest BCUT2D eigenvalue weighted by atomic mass is 19.1. The van der Waals surface area contributed by atoms with Gasteiger partial charge in [-0.25, -0.2) is 9.18 Å². The number of hydrogen-bond donors (Lipinski definition) is 0. The van der Waals surface area contributed by atoms with E-state index in [1.807, 2.05) is 6.92 Å². The molecule has 4 heteroatoms. The number of benzene rings is 1. The Bertz CT molecular complexity index is 410. The SMILES string of the molecule is CCCOC(=O)c1cc(F)cc(C#N)c1. The summed E-state index contributed by atoms with van der Waals surface area (Å²) in [4.78, 5) is 11.3. The Labute approximate surface area is 87.1 Å². The second kappa shape index (κ2) is 5.11. The zero-order chi connectivity index (χ0) is 11.3. The van der Waals surface area contributed by atoms with Crippen LogP contribution in [0.3, 0.4) is 0 Å². The number of esters is 1. The van der Waals surface area contributed by atoms with Gasteiger partial charge in [0.2, 0.25) is 0 Å². The summed E-state index contributed by atoms with van der Waals surface area (Å²) in [6.45, 7) is 2.15. The predicted octanol–water partition coefficient (Wildman–Crippen LogP) is 2.26. The third kappa shape index (κ3) is 3.06. The van der Waals surface area contributed by atoms with Gasteiger partial charge in [0.1, 0.15) is 5.82 Å². The number of hydrogen-bond acceptors (Lipinski definition) is 3. The second-order valence-electron chi connectivity index (χ2n) is 2.98. The molecule has 0 unspecified atom stereocenters. The zero-order valence-electron chi connectivity index (χ0n) is 8.29. The summed E-state index contributed by atoms with van der Waals surface area (Å²) < 4.78 is 17.8. The molecule has 0 radical (unpaired) electrons.